The van der Waals surface area contributed by atoms with E-state index in [0.717, 1.165) is 30.8 Å². The van der Waals surface area contributed by atoms with Crippen LogP contribution in [0, 0.1) is 5.41 Å². The first-order valence-electron chi connectivity index (χ1n) is 8.91. The molecule has 0 bridgehead atoms. The van der Waals surface area contributed by atoms with E-state index in [2.05, 4.69) is 17.2 Å². The Morgan fingerprint density at radius 3 is 2.43 bits per heavy atom. The van der Waals surface area contributed by atoms with Crippen LogP contribution >= 0.6 is 0 Å². The molecule has 0 aromatic heterocycles. The molecule has 0 aromatic rings. The lowest BCUT2D eigenvalue weighted by molar-refractivity contribution is 0.104. The summed E-state index contributed by atoms with van der Waals surface area (Å²) in [5.41, 5.74) is 11.4. The van der Waals surface area contributed by atoms with Gasteiger partial charge in [-0.1, -0.05) is 19.3 Å². The third kappa shape index (κ3) is 5.50. The molecule has 2 aliphatic carbocycles. The lowest BCUT2D eigenvalue weighted by Crippen LogP contribution is -2.42. The van der Waals surface area contributed by atoms with Crippen molar-refractivity contribution in [1.82, 2.24) is 5.32 Å². The fourth-order valence-corrected chi connectivity index (χ4v) is 4.29. The molecule has 0 amide bonds. The van der Waals surface area contributed by atoms with Gasteiger partial charge in [0.1, 0.15) is 0 Å². The molecular formula is C17H34N4. The minimum absolute atomic E-state index is 0.209. The van der Waals surface area contributed by atoms with Gasteiger partial charge in [-0.3, -0.25) is 4.99 Å². The van der Waals surface area contributed by atoms with Crippen molar-refractivity contribution < 1.29 is 0 Å². The molecule has 0 saturated heterocycles. The van der Waals surface area contributed by atoms with Gasteiger partial charge in [0.05, 0.1) is 0 Å². The van der Waals surface area contributed by atoms with E-state index < -0.39 is 0 Å². The van der Waals surface area contributed by atoms with E-state index in [1.807, 2.05) is 0 Å². The summed E-state index contributed by atoms with van der Waals surface area (Å²) >= 11 is 0. The van der Waals surface area contributed by atoms with Crippen molar-refractivity contribution in [1.29, 1.82) is 0 Å². The summed E-state index contributed by atoms with van der Waals surface area (Å²) in [7, 11) is 0. The average Bonchev–Trinajstić information content (AvgIpc) is 2.47. The second-order valence-corrected chi connectivity index (χ2v) is 7.35. The van der Waals surface area contributed by atoms with Crippen molar-refractivity contribution in [2.45, 2.75) is 89.6 Å². The Hall–Kier alpha value is -0.770. The zero-order valence-electron chi connectivity index (χ0n) is 13.7. The van der Waals surface area contributed by atoms with Crippen LogP contribution in [-0.2, 0) is 0 Å². The van der Waals surface area contributed by atoms with Gasteiger partial charge in [0, 0.05) is 18.6 Å². The maximum Gasteiger partial charge on any atom is 0.185 e. The number of nitrogens with zero attached hydrogens (tertiary/aromatic N) is 1. The van der Waals surface area contributed by atoms with Crippen LogP contribution in [-0.4, -0.2) is 24.6 Å². The molecule has 21 heavy (non-hydrogen) atoms. The number of nitrogens with two attached hydrogens (primary N) is 2. The molecule has 2 saturated carbocycles. The number of nitrogens with one attached hydrogen (secondary N) is 1. The number of hydrogen-bond donors (Lipinski definition) is 3. The van der Waals surface area contributed by atoms with Crippen LogP contribution in [0.3, 0.4) is 0 Å². The third-order valence-electron chi connectivity index (χ3n) is 5.57. The first-order chi connectivity index (χ1) is 10.1. The summed E-state index contributed by atoms with van der Waals surface area (Å²) in [4.78, 5) is 4.04. The van der Waals surface area contributed by atoms with E-state index in [4.69, 9.17) is 11.5 Å². The van der Waals surface area contributed by atoms with E-state index in [0.29, 0.717) is 6.04 Å². The van der Waals surface area contributed by atoms with Crippen molar-refractivity contribution >= 4 is 5.96 Å². The van der Waals surface area contributed by atoms with Gasteiger partial charge < -0.3 is 16.8 Å². The normalized spacial score (nSPS) is 23.9. The van der Waals surface area contributed by atoms with E-state index in [1.165, 1.54) is 57.8 Å². The largest absolute Gasteiger partial charge is 0.370 e. The molecule has 5 N–H and O–H groups in total. The van der Waals surface area contributed by atoms with Gasteiger partial charge in [0.2, 0.25) is 0 Å². The molecule has 2 fully saturated rings. The highest BCUT2D eigenvalue weighted by Gasteiger charge is 2.36. The number of guanidine groups is 1. The van der Waals surface area contributed by atoms with Crippen molar-refractivity contribution in [2.75, 3.05) is 6.54 Å². The topological polar surface area (TPSA) is 76.4 Å². The smallest absolute Gasteiger partial charge is 0.185 e. The van der Waals surface area contributed by atoms with Crippen molar-refractivity contribution in [3.8, 4) is 0 Å². The minimum atomic E-state index is 0.209. The summed E-state index contributed by atoms with van der Waals surface area (Å²) in [6.07, 6.45) is 15.3. The summed E-state index contributed by atoms with van der Waals surface area (Å²) < 4.78 is 0. The lowest BCUT2D eigenvalue weighted by Gasteiger charge is -2.43. The van der Waals surface area contributed by atoms with Gasteiger partial charge in [-0.25, -0.2) is 0 Å². The molecule has 1 spiro atoms. The molecule has 2 aliphatic rings. The van der Waals surface area contributed by atoms with E-state index >= 15 is 0 Å². The van der Waals surface area contributed by atoms with Crippen LogP contribution in [0.5, 0.6) is 0 Å². The first kappa shape index (κ1) is 16.6. The van der Waals surface area contributed by atoms with Gasteiger partial charge in [-0.05, 0) is 63.7 Å². The standard InChI is InChI=1S/C17H34N4/c1-14(6-5-13-20-16(18)19)21-15-7-11-17(12-8-15)9-3-2-4-10-17/h14-15,21H,2-13H2,1H3,(H4,18,19,20). The molecule has 0 aliphatic heterocycles. The quantitative estimate of drug-likeness (QED) is 0.400. The van der Waals surface area contributed by atoms with E-state index in [1.54, 1.807) is 0 Å². The molecule has 2 rings (SSSR count). The van der Waals surface area contributed by atoms with Gasteiger partial charge in [0.25, 0.3) is 0 Å². The molecule has 4 nitrogen and oxygen atoms in total. The van der Waals surface area contributed by atoms with Crippen LogP contribution < -0.4 is 16.8 Å². The van der Waals surface area contributed by atoms with Crippen LogP contribution in [0.15, 0.2) is 4.99 Å². The van der Waals surface area contributed by atoms with Crippen molar-refractivity contribution in [3.63, 3.8) is 0 Å². The van der Waals surface area contributed by atoms with Gasteiger partial charge in [-0.15, -0.1) is 0 Å². The Balaban J connectivity index is 1.62. The fourth-order valence-electron chi connectivity index (χ4n) is 4.29. The highest BCUT2D eigenvalue weighted by atomic mass is 15.0. The SMILES string of the molecule is CC(CCCN=C(N)N)NC1CCC2(CCCCC2)CC1. The predicted octanol–water partition coefficient (Wildman–Crippen LogP) is 2.91. The zero-order chi connectivity index (χ0) is 15.1. The van der Waals surface area contributed by atoms with Crippen molar-refractivity contribution in [3.05, 3.63) is 0 Å². The Morgan fingerprint density at radius 1 is 1.14 bits per heavy atom. The average molecular weight is 294 g/mol. The Morgan fingerprint density at radius 2 is 1.81 bits per heavy atom. The lowest BCUT2D eigenvalue weighted by atomic mass is 9.64. The van der Waals surface area contributed by atoms with Crippen LogP contribution in [0.25, 0.3) is 0 Å². The Bertz CT molecular complexity index is 320. The maximum atomic E-state index is 5.34. The van der Waals surface area contributed by atoms with E-state index in [-0.39, 0.29) is 5.96 Å². The summed E-state index contributed by atoms with van der Waals surface area (Å²) in [5, 5.41) is 3.82. The number of rotatable bonds is 6. The van der Waals surface area contributed by atoms with Crippen LogP contribution in [0.2, 0.25) is 0 Å². The Kier molecular flexibility index (Phi) is 6.34. The van der Waals surface area contributed by atoms with Gasteiger partial charge in [0.15, 0.2) is 5.96 Å². The number of aliphatic imine (C=N–C) groups is 1. The van der Waals surface area contributed by atoms with Crippen LogP contribution in [0.4, 0.5) is 0 Å². The highest BCUT2D eigenvalue weighted by molar-refractivity contribution is 5.75. The Labute approximate surface area is 130 Å². The molecule has 1 atom stereocenters. The summed E-state index contributed by atoms with van der Waals surface area (Å²) in [5.74, 6) is 0.209. The number of hydrogen-bond acceptors (Lipinski definition) is 2. The molecule has 122 valence electrons. The van der Waals surface area contributed by atoms with E-state index in [9.17, 15) is 0 Å². The molecule has 4 heteroatoms. The van der Waals surface area contributed by atoms with Crippen molar-refractivity contribution in [2.24, 2.45) is 21.9 Å². The third-order valence-corrected chi connectivity index (χ3v) is 5.57. The van der Waals surface area contributed by atoms with Gasteiger partial charge in [-0.2, -0.15) is 0 Å². The molecule has 0 aromatic carbocycles. The highest BCUT2D eigenvalue weighted by Crippen LogP contribution is 2.47. The van der Waals surface area contributed by atoms with Crippen LogP contribution in [0.1, 0.15) is 77.6 Å². The maximum absolute atomic E-state index is 5.34. The summed E-state index contributed by atoms with van der Waals surface area (Å²) in [6, 6.07) is 1.31. The first-order valence-corrected chi connectivity index (χ1v) is 8.91. The monoisotopic (exact) mass is 294 g/mol. The summed E-state index contributed by atoms with van der Waals surface area (Å²) in [6.45, 7) is 3.04. The minimum Gasteiger partial charge on any atom is -0.370 e. The van der Waals surface area contributed by atoms with Gasteiger partial charge >= 0.3 is 0 Å². The second-order valence-electron chi connectivity index (χ2n) is 7.35. The molecule has 0 heterocycles. The zero-order valence-corrected chi connectivity index (χ0v) is 13.7. The molecular weight excluding hydrogens is 260 g/mol. The second kappa shape index (κ2) is 8.02. The predicted molar refractivity (Wildman–Crippen MR) is 90.3 cm³/mol. The fraction of sp³-hybridized carbons (Fsp3) is 0.941. The molecule has 1 unspecified atom stereocenters. The molecule has 0 radical (unpaired) electrons.